The number of nitrogens with zero attached hydrogens (tertiary/aromatic N) is 1. The minimum absolute atomic E-state index is 0.228. The number of phenols is 1. The number of fused-ring (bicyclic) bond motifs is 3. The SMILES string of the molecule is CCC/C(=C\c1cccc(O)c1)CC[C@H]1OC[C@H]2C1=C(CO[Si](c1ccccc1)(c1ccccc1)C(C)(C)C)C[C@H]1C(=O)N(C(=O)OC)C(=O)[C@H]12. The zero-order chi connectivity index (χ0) is 36.3. The Hall–Kier alpha value is -4.31. The van der Waals surface area contributed by atoms with Gasteiger partial charge in [-0.15, -0.1) is 0 Å². The summed E-state index contributed by atoms with van der Waals surface area (Å²) in [6.45, 7) is 9.43. The summed E-state index contributed by atoms with van der Waals surface area (Å²) in [6.07, 6.45) is 4.58. The summed E-state index contributed by atoms with van der Waals surface area (Å²) in [6, 6.07) is 28.1. The minimum Gasteiger partial charge on any atom is -0.508 e. The van der Waals surface area contributed by atoms with Gasteiger partial charge in [-0.3, -0.25) is 9.59 Å². The van der Waals surface area contributed by atoms with Crippen LogP contribution in [0, 0.1) is 17.8 Å². The van der Waals surface area contributed by atoms with Crippen LogP contribution in [0.1, 0.15) is 65.4 Å². The highest BCUT2D eigenvalue weighted by Gasteiger charge is 2.59. The molecule has 2 saturated heterocycles. The largest absolute Gasteiger partial charge is 0.508 e. The van der Waals surface area contributed by atoms with Gasteiger partial charge in [-0.25, -0.2) is 4.79 Å². The number of hydrogen-bond acceptors (Lipinski definition) is 7. The average Bonchev–Trinajstić information content (AvgIpc) is 3.65. The zero-order valence-electron chi connectivity index (χ0n) is 30.3. The Morgan fingerprint density at radius 2 is 1.61 bits per heavy atom. The van der Waals surface area contributed by atoms with Crippen molar-refractivity contribution in [3.63, 3.8) is 0 Å². The van der Waals surface area contributed by atoms with Crippen molar-refractivity contribution in [2.75, 3.05) is 20.3 Å². The van der Waals surface area contributed by atoms with E-state index in [1.807, 2.05) is 24.3 Å². The quantitative estimate of drug-likeness (QED) is 0.130. The van der Waals surface area contributed by atoms with Gasteiger partial charge >= 0.3 is 6.09 Å². The topological polar surface area (TPSA) is 102 Å². The number of ether oxygens (including phenoxy) is 2. The number of allylic oxidation sites excluding steroid dienone is 1. The number of phenolic OH excluding ortho intramolecular Hbond substituents is 1. The van der Waals surface area contributed by atoms with Crippen molar-refractivity contribution in [1.82, 2.24) is 4.90 Å². The van der Waals surface area contributed by atoms with Gasteiger partial charge < -0.3 is 19.0 Å². The molecule has 2 heterocycles. The van der Waals surface area contributed by atoms with Crippen LogP contribution in [0.15, 0.2) is 102 Å². The molecule has 3 aromatic carbocycles. The maximum Gasteiger partial charge on any atom is 0.423 e. The predicted octanol–water partition coefficient (Wildman–Crippen LogP) is 7.02. The van der Waals surface area contributed by atoms with Gasteiger partial charge in [0.25, 0.3) is 8.32 Å². The summed E-state index contributed by atoms with van der Waals surface area (Å²) in [5.41, 5.74) is 4.22. The Morgan fingerprint density at radius 1 is 0.941 bits per heavy atom. The van der Waals surface area contributed by atoms with Crippen LogP contribution in [-0.2, 0) is 23.5 Å². The van der Waals surface area contributed by atoms with Crippen LogP contribution in [0.3, 0.4) is 0 Å². The molecule has 8 nitrogen and oxygen atoms in total. The maximum atomic E-state index is 13.8. The van der Waals surface area contributed by atoms with Gasteiger partial charge in [0.15, 0.2) is 0 Å². The van der Waals surface area contributed by atoms with Gasteiger partial charge in [0.2, 0.25) is 11.8 Å². The van der Waals surface area contributed by atoms with Crippen LogP contribution in [0.5, 0.6) is 5.75 Å². The third-order valence-electron chi connectivity index (χ3n) is 10.8. The van der Waals surface area contributed by atoms with Gasteiger partial charge in [0.05, 0.1) is 38.3 Å². The molecule has 0 aromatic heterocycles. The number of methoxy groups -OCH3 is 1. The fraction of sp³-hybridized carbons (Fsp3) is 0.405. The molecule has 3 aromatic rings. The van der Waals surface area contributed by atoms with E-state index in [1.165, 1.54) is 12.7 Å². The Bertz CT molecular complexity index is 1770. The number of likely N-dealkylation sites (tertiary alicyclic amines) is 1. The van der Waals surface area contributed by atoms with E-state index in [1.54, 1.807) is 12.1 Å². The van der Waals surface area contributed by atoms with Crippen LogP contribution in [0.4, 0.5) is 4.79 Å². The summed E-state index contributed by atoms with van der Waals surface area (Å²) in [5.74, 6) is -2.52. The van der Waals surface area contributed by atoms with Gasteiger partial charge in [0, 0.05) is 5.92 Å². The fourth-order valence-corrected chi connectivity index (χ4v) is 13.1. The predicted molar refractivity (Wildman–Crippen MR) is 200 cm³/mol. The van der Waals surface area contributed by atoms with Gasteiger partial charge in [0.1, 0.15) is 5.75 Å². The first-order valence-corrected chi connectivity index (χ1v) is 19.9. The Kier molecular flexibility index (Phi) is 10.8. The molecule has 0 radical (unpaired) electrons. The molecular formula is C42H49NO7Si. The number of hydrogen-bond donors (Lipinski definition) is 1. The monoisotopic (exact) mass is 707 g/mol. The van der Waals surface area contributed by atoms with Crippen LogP contribution >= 0.6 is 0 Å². The van der Waals surface area contributed by atoms with E-state index in [-0.39, 0.29) is 36.0 Å². The molecule has 3 aliphatic rings. The molecule has 0 bridgehead atoms. The Balaban J connectivity index is 1.40. The molecule has 2 fully saturated rings. The first-order chi connectivity index (χ1) is 24.5. The fourth-order valence-electron chi connectivity index (χ4n) is 8.59. The second-order valence-corrected chi connectivity index (χ2v) is 19.2. The lowest BCUT2D eigenvalue weighted by Gasteiger charge is -2.44. The third kappa shape index (κ3) is 6.99. The van der Waals surface area contributed by atoms with E-state index in [4.69, 9.17) is 13.9 Å². The van der Waals surface area contributed by atoms with E-state index in [2.05, 4.69) is 82.3 Å². The van der Waals surface area contributed by atoms with Crippen molar-refractivity contribution in [3.05, 3.63) is 107 Å². The number of aromatic hydroxyl groups is 1. The zero-order valence-corrected chi connectivity index (χ0v) is 31.3. The van der Waals surface area contributed by atoms with Crippen LogP contribution in [0.2, 0.25) is 5.04 Å². The molecule has 1 aliphatic carbocycles. The van der Waals surface area contributed by atoms with E-state index < -0.39 is 38.1 Å². The number of rotatable bonds is 11. The summed E-state index contributed by atoms with van der Waals surface area (Å²) in [7, 11) is -1.75. The lowest BCUT2D eigenvalue weighted by atomic mass is 9.69. The highest BCUT2D eigenvalue weighted by Crippen LogP contribution is 2.50. The van der Waals surface area contributed by atoms with E-state index >= 15 is 0 Å². The molecule has 6 rings (SSSR count). The van der Waals surface area contributed by atoms with Gasteiger partial charge in [-0.05, 0) is 69.9 Å². The van der Waals surface area contributed by atoms with E-state index in [0.29, 0.717) is 17.7 Å². The number of imide groups is 3. The number of amides is 3. The van der Waals surface area contributed by atoms with Crippen LogP contribution in [0.25, 0.3) is 6.08 Å². The van der Waals surface area contributed by atoms with Crippen molar-refractivity contribution in [3.8, 4) is 5.75 Å². The summed E-state index contributed by atoms with van der Waals surface area (Å²) < 4.78 is 18.8. The molecule has 51 heavy (non-hydrogen) atoms. The Labute approximate surface area is 302 Å². The number of benzene rings is 3. The molecule has 9 heteroatoms. The van der Waals surface area contributed by atoms with Crippen molar-refractivity contribution in [2.24, 2.45) is 17.8 Å². The smallest absolute Gasteiger partial charge is 0.423 e. The molecule has 1 N–H and O–H groups in total. The number of carbonyl (C=O) groups excluding carboxylic acids is 3. The summed E-state index contributed by atoms with van der Waals surface area (Å²) in [5, 5.41) is 12.1. The normalized spacial score (nSPS) is 22.3. The maximum absolute atomic E-state index is 13.8. The first kappa shape index (κ1) is 36.5. The molecule has 268 valence electrons. The second-order valence-electron chi connectivity index (χ2n) is 14.9. The first-order valence-electron chi connectivity index (χ1n) is 18.0. The molecule has 0 spiro atoms. The third-order valence-corrected chi connectivity index (χ3v) is 15.8. The Morgan fingerprint density at radius 3 is 2.20 bits per heavy atom. The highest BCUT2D eigenvalue weighted by molar-refractivity contribution is 6.99. The standard InChI is InChI=1S/C42H49NO7Si/c1-6-14-28(23-29-15-13-16-31(44)24-29)21-22-36-37-30(25-34-38(35(37)27-49-36)40(46)43(39(34)45)41(47)48-5)26-50-51(42(2,3)4,32-17-9-7-10-18-32)33-19-11-8-12-20-33/h7-13,15-20,23-24,34-36,38,44H,6,14,21-22,25-27H2,1-5H3/b28-23+/t34-,35+,36-,38-/m1/s1. The molecule has 2 aliphatic heterocycles. The number of carbonyl (C=O) groups is 3. The minimum atomic E-state index is -2.94. The lowest BCUT2D eigenvalue weighted by Crippen LogP contribution is -2.66. The van der Waals surface area contributed by atoms with Crippen molar-refractivity contribution in [1.29, 1.82) is 0 Å². The molecule has 0 unspecified atom stereocenters. The van der Waals surface area contributed by atoms with Crippen molar-refractivity contribution < 1.29 is 33.4 Å². The second kappa shape index (κ2) is 15.1. The summed E-state index contributed by atoms with van der Waals surface area (Å²) >= 11 is 0. The van der Waals surface area contributed by atoms with Crippen LogP contribution in [-0.4, -0.2) is 62.7 Å². The van der Waals surface area contributed by atoms with E-state index in [9.17, 15) is 19.5 Å². The summed E-state index contributed by atoms with van der Waals surface area (Å²) in [4.78, 5) is 40.9. The molecular weight excluding hydrogens is 659 g/mol. The average molecular weight is 708 g/mol. The molecule has 3 amide bonds. The molecule has 4 atom stereocenters. The highest BCUT2D eigenvalue weighted by atomic mass is 28.4. The lowest BCUT2D eigenvalue weighted by molar-refractivity contribution is -0.137. The van der Waals surface area contributed by atoms with Crippen LogP contribution < -0.4 is 10.4 Å². The molecule has 0 saturated carbocycles. The van der Waals surface area contributed by atoms with Crippen molar-refractivity contribution in [2.45, 2.75) is 70.9 Å². The van der Waals surface area contributed by atoms with E-state index in [0.717, 1.165) is 46.3 Å². The van der Waals surface area contributed by atoms with Gasteiger partial charge in [-0.1, -0.05) is 119 Å². The van der Waals surface area contributed by atoms with Gasteiger partial charge in [-0.2, -0.15) is 4.90 Å². The van der Waals surface area contributed by atoms with Crippen molar-refractivity contribution >= 4 is 42.7 Å².